The third-order valence-corrected chi connectivity index (χ3v) is 13.5. The Morgan fingerprint density at radius 1 is 0.338 bits per heavy atom. The highest BCUT2D eigenvalue weighted by molar-refractivity contribution is 5.99. The molecule has 1 saturated carbocycles. The summed E-state index contributed by atoms with van der Waals surface area (Å²) >= 11 is 0. The monoisotopic (exact) mass is 910 g/mol. The van der Waals surface area contributed by atoms with Crippen molar-refractivity contribution < 1.29 is 24.0 Å². The number of amides is 5. The van der Waals surface area contributed by atoms with Gasteiger partial charge in [0.15, 0.2) is 0 Å². The molecule has 5 amide bonds. The minimum atomic E-state index is -0.647. The molecule has 1 fully saturated rings. The van der Waals surface area contributed by atoms with Gasteiger partial charge in [-0.3, -0.25) is 34.6 Å². The molecule has 1 rings (SSSR count). The minimum absolute atomic E-state index is 0.143. The molecule has 0 spiro atoms. The SMILES string of the molecule is CCCCCCCCC=CCCCCCCCC(=O)NC(=O)C1CC(C(=O)NCCCCCCCCCCCC)CC(C(=O)NC(=O)CCCCCCCC=CCCCCCCCC)C1. The molecule has 3 N–H and O–H groups in total. The van der Waals surface area contributed by atoms with Crippen molar-refractivity contribution in [3.63, 3.8) is 0 Å². The van der Waals surface area contributed by atoms with E-state index in [1.165, 1.54) is 135 Å². The van der Waals surface area contributed by atoms with Gasteiger partial charge in [-0.15, -0.1) is 0 Å². The van der Waals surface area contributed by atoms with Crippen LogP contribution < -0.4 is 16.0 Å². The second kappa shape index (κ2) is 45.0. The molecule has 0 radical (unpaired) electrons. The molecule has 2 unspecified atom stereocenters. The zero-order valence-corrected chi connectivity index (χ0v) is 42.8. The van der Waals surface area contributed by atoms with E-state index in [-0.39, 0.29) is 37.0 Å². The Bertz CT molecular complexity index is 1170. The number of imide groups is 2. The van der Waals surface area contributed by atoms with Gasteiger partial charge in [0.05, 0.1) is 0 Å². The number of rotatable bonds is 44. The van der Waals surface area contributed by atoms with Crippen molar-refractivity contribution in [3.8, 4) is 0 Å². The van der Waals surface area contributed by atoms with Gasteiger partial charge in [0.2, 0.25) is 29.5 Å². The maximum absolute atomic E-state index is 13.5. The van der Waals surface area contributed by atoms with Crippen molar-refractivity contribution in [2.45, 2.75) is 284 Å². The number of hydrogen-bond acceptors (Lipinski definition) is 5. The van der Waals surface area contributed by atoms with E-state index in [9.17, 15) is 24.0 Å². The lowest BCUT2D eigenvalue weighted by molar-refractivity contribution is -0.137. The number of hydrogen-bond donors (Lipinski definition) is 3. The normalized spacial score (nSPS) is 16.3. The Kier molecular flexibility index (Phi) is 41.7. The lowest BCUT2D eigenvalue weighted by Gasteiger charge is -2.32. The molecule has 0 aromatic heterocycles. The van der Waals surface area contributed by atoms with E-state index in [0.29, 0.717) is 19.4 Å². The quantitative estimate of drug-likeness (QED) is 0.0415. The molecule has 8 nitrogen and oxygen atoms in total. The van der Waals surface area contributed by atoms with Crippen molar-refractivity contribution >= 4 is 29.5 Å². The summed E-state index contributed by atoms with van der Waals surface area (Å²) in [4.78, 5) is 66.2. The molecule has 65 heavy (non-hydrogen) atoms. The fourth-order valence-corrected chi connectivity index (χ4v) is 9.25. The van der Waals surface area contributed by atoms with E-state index in [2.05, 4.69) is 61.0 Å². The van der Waals surface area contributed by atoms with Crippen molar-refractivity contribution in [3.05, 3.63) is 24.3 Å². The summed E-state index contributed by atoms with van der Waals surface area (Å²) in [6.45, 7) is 7.32. The maximum Gasteiger partial charge on any atom is 0.229 e. The molecule has 0 bridgehead atoms. The van der Waals surface area contributed by atoms with Crippen LogP contribution in [0.25, 0.3) is 0 Å². The molecular weight excluding hydrogens is 807 g/mol. The first-order valence-corrected chi connectivity index (χ1v) is 28.1. The van der Waals surface area contributed by atoms with Crippen LogP contribution in [0.4, 0.5) is 0 Å². The van der Waals surface area contributed by atoms with E-state index < -0.39 is 29.6 Å². The first-order valence-electron chi connectivity index (χ1n) is 28.1. The molecule has 376 valence electrons. The van der Waals surface area contributed by atoms with Crippen molar-refractivity contribution in [2.24, 2.45) is 17.8 Å². The van der Waals surface area contributed by atoms with Crippen LogP contribution in [0.2, 0.25) is 0 Å². The van der Waals surface area contributed by atoms with Gasteiger partial charge in [0.25, 0.3) is 0 Å². The number of nitrogens with one attached hydrogen (secondary N) is 3. The number of carbonyl (C=O) groups excluding carboxylic acids is 5. The molecule has 1 aliphatic rings. The van der Waals surface area contributed by atoms with Crippen LogP contribution in [0.3, 0.4) is 0 Å². The van der Waals surface area contributed by atoms with Gasteiger partial charge in [-0.2, -0.15) is 0 Å². The maximum atomic E-state index is 13.5. The molecule has 0 saturated heterocycles. The van der Waals surface area contributed by atoms with E-state index in [4.69, 9.17) is 0 Å². The van der Waals surface area contributed by atoms with Crippen LogP contribution in [-0.4, -0.2) is 36.1 Å². The number of allylic oxidation sites excluding steroid dienone is 4. The predicted octanol–water partition coefficient (Wildman–Crippen LogP) is 15.4. The molecular formula is C57H103N3O5. The molecule has 1 aliphatic carbocycles. The topological polar surface area (TPSA) is 121 Å². The molecule has 0 aliphatic heterocycles. The minimum Gasteiger partial charge on any atom is -0.356 e. The zero-order valence-electron chi connectivity index (χ0n) is 42.8. The molecule has 0 heterocycles. The first kappa shape index (κ1) is 60.2. The van der Waals surface area contributed by atoms with Crippen LogP contribution in [0.1, 0.15) is 284 Å². The molecule has 8 heteroatoms. The average molecular weight is 910 g/mol. The smallest absolute Gasteiger partial charge is 0.229 e. The van der Waals surface area contributed by atoms with Gasteiger partial charge < -0.3 is 5.32 Å². The zero-order chi connectivity index (χ0) is 47.3. The van der Waals surface area contributed by atoms with Crippen molar-refractivity contribution in [1.29, 1.82) is 0 Å². The lowest BCUT2D eigenvalue weighted by atomic mass is 9.74. The number of unbranched alkanes of at least 4 members (excludes halogenated alkanes) is 31. The van der Waals surface area contributed by atoms with Gasteiger partial charge in [0, 0.05) is 37.1 Å². The highest BCUT2D eigenvalue weighted by Crippen LogP contribution is 2.34. The largest absolute Gasteiger partial charge is 0.356 e. The summed E-state index contributed by atoms with van der Waals surface area (Å²) in [5, 5.41) is 8.28. The molecule has 0 aromatic carbocycles. The molecule has 0 aromatic rings. The van der Waals surface area contributed by atoms with Crippen LogP contribution in [0.15, 0.2) is 24.3 Å². The van der Waals surface area contributed by atoms with E-state index in [1.807, 2.05) is 0 Å². The van der Waals surface area contributed by atoms with E-state index in [0.717, 1.165) is 96.3 Å². The summed E-state index contributed by atoms with van der Waals surface area (Å²) in [5.74, 6) is -3.38. The summed E-state index contributed by atoms with van der Waals surface area (Å²) in [6, 6.07) is 0. The average Bonchev–Trinajstić information content (AvgIpc) is 3.30. The Morgan fingerprint density at radius 3 is 0.923 bits per heavy atom. The fourth-order valence-electron chi connectivity index (χ4n) is 9.25. The van der Waals surface area contributed by atoms with Crippen LogP contribution in [-0.2, 0) is 24.0 Å². The summed E-state index contributed by atoms with van der Waals surface area (Å²) in [5.41, 5.74) is 0. The third-order valence-electron chi connectivity index (χ3n) is 13.5. The van der Waals surface area contributed by atoms with Crippen LogP contribution in [0, 0.1) is 17.8 Å². The number of carbonyl (C=O) groups is 5. The Balaban J connectivity index is 2.50. The van der Waals surface area contributed by atoms with E-state index >= 15 is 0 Å². The summed E-state index contributed by atoms with van der Waals surface area (Å²) in [6.07, 6.45) is 53.4. The third kappa shape index (κ3) is 37.0. The highest BCUT2D eigenvalue weighted by atomic mass is 16.2. The van der Waals surface area contributed by atoms with Gasteiger partial charge in [-0.05, 0) is 89.9 Å². The Morgan fingerprint density at radius 2 is 0.600 bits per heavy atom. The predicted molar refractivity (Wildman–Crippen MR) is 274 cm³/mol. The standard InChI is InChI=1S/C57H103N3O5/c1-4-7-10-13-16-19-22-24-26-28-30-32-35-38-41-44-53(61)59-56(64)51-47-50(55(63)58-46-43-40-37-34-21-18-15-12-9-6-3)48-52(49-51)57(65)60-54(62)45-42-39-36-33-31-29-27-25-23-20-17-14-11-8-5-2/h24-27,50-52H,4-23,28-49H2,1-3H3,(H,58,63)(H,59,61,64)(H,60,62,65). The molecule has 2 atom stereocenters. The second-order valence-electron chi connectivity index (χ2n) is 19.8. The van der Waals surface area contributed by atoms with Gasteiger partial charge in [0.1, 0.15) is 0 Å². The van der Waals surface area contributed by atoms with Crippen molar-refractivity contribution in [1.82, 2.24) is 16.0 Å². The van der Waals surface area contributed by atoms with Gasteiger partial charge in [-0.1, -0.05) is 206 Å². The Hall–Kier alpha value is -2.77. The van der Waals surface area contributed by atoms with Crippen LogP contribution >= 0.6 is 0 Å². The summed E-state index contributed by atoms with van der Waals surface area (Å²) < 4.78 is 0. The van der Waals surface area contributed by atoms with Crippen molar-refractivity contribution in [2.75, 3.05) is 6.54 Å². The summed E-state index contributed by atoms with van der Waals surface area (Å²) in [7, 11) is 0. The van der Waals surface area contributed by atoms with E-state index in [1.54, 1.807) is 0 Å². The van der Waals surface area contributed by atoms with Gasteiger partial charge in [-0.25, -0.2) is 0 Å². The lowest BCUT2D eigenvalue weighted by Crippen LogP contribution is -2.46. The Labute approximate surface area is 400 Å². The van der Waals surface area contributed by atoms with Crippen LogP contribution in [0.5, 0.6) is 0 Å². The first-order chi connectivity index (χ1) is 31.8. The fraction of sp³-hybridized carbons (Fsp3) is 0.842. The second-order valence-corrected chi connectivity index (χ2v) is 19.8. The highest BCUT2D eigenvalue weighted by Gasteiger charge is 2.39. The van der Waals surface area contributed by atoms with Gasteiger partial charge >= 0.3 is 0 Å².